The molecule has 0 N–H and O–H groups in total. The lowest BCUT2D eigenvalue weighted by atomic mass is 10.1. The first-order valence-electron chi connectivity index (χ1n) is 9.40. The molecule has 1 unspecified atom stereocenters. The summed E-state index contributed by atoms with van der Waals surface area (Å²) in [5.41, 5.74) is 1.43. The minimum absolute atomic E-state index is 0.0266. The molecule has 2 heterocycles. The number of oxazole rings is 1. The molecule has 0 aliphatic carbocycles. The molecule has 0 spiro atoms. The molecule has 1 amide bonds. The van der Waals surface area contributed by atoms with Crippen molar-refractivity contribution < 1.29 is 22.4 Å². The molecule has 0 radical (unpaired) electrons. The Hall–Kier alpha value is -2.19. The maximum atomic E-state index is 13.0. The fourth-order valence-electron chi connectivity index (χ4n) is 3.45. The molecule has 2 aromatic rings. The lowest BCUT2D eigenvalue weighted by Gasteiger charge is -2.28. The van der Waals surface area contributed by atoms with Crippen molar-refractivity contribution in [3.8, 4) is 11.5 Å². The minimum Gasteiger partial charge on any atom is -0.441 e. The highest BCUT2D eigenvalue weighted by atomic mass is 32.2. The van der Waals surface area contributed by atoms with Gasteiger partial charge in [-0.3, -0.25) is 4.79 Å². The van der Waals surface area contributed by atoms with Gasteiger partial charge in [0, 0.05) is 31.9 Å². The Bertz CT molecular complexity index is 908. The quantitative estimate of drug-likeness (QED) is 0.625. The van der Waals surface area contributed by atoms with Gasteiger partial charge in [-0.1, -0.05) is 18.2 Å². The molecule has 3 rings (SSSR count). The minimum atomic E-state index is -3.08. The van der Waals surface area contributed by atoms with Gasteiger partial charge in [-0.25, -0.2) is 13.4 Å². The van der Waals surface area contributed by atoms with Crippen LogP contribution in [0.15, 0.2) is 34.7 Å². The number of amides is 1. The number of carbonyl (C=O) groups excluding carboxylic acids is 1. The smallest absolute Gasteiger partial charge is 0.229 e. The number of ether oxygens (including phenoxy) is 1. The first-order valence-corrected chi connectivity index (χ1v) is 11.2. The second-order valence-electron chi connectivity index (χ2n) is 7.06. The second kappa shape index (κ2) is 8.87. The van der Waals surface area contributed by atoms with E-state index >= 15 is 0 Å². The van der Waals surface area contributed by atoms with Gasteiger partial charge in [-0.15, -0.1) is 0 Å². The van der Waals surface area contributed by atoms with Gasteiger partial charge in [0.15, 0.2) is 9.84 Å². The van der Waals surface area contributed by atoms with Gasteiger partial charge in [-0.05, 0) is 31.9 Å². The molecule has 1 aromatic carbocycles. The van der Waals surface area contributed by atoms with E-state index in [2.05, 4.69) is 4.98 Å². The molecule has 152 valence electrons. The van der Waals surface area contributed by atoms with Crippen LogP contribution in [-0.4, -0.2) is 62.0 Å². The standard InChI is InChI=1S/C20H26N2O5S/c1-15-18(21-20(27-15)16-7-4-3-5-8-16)13-19(23)22(10-6-11-26-2)17-9-12-28(24,25)14-17/h3-5,7-8,17H,6,9-14H2,1-2H3. The van der Waals surface area contributed by atoms with Crippen LogP contribution in [0.2, 0.25) is 0 Å². The van der Waals surface area contributed by atoms with Gasteiger partial charge in [0.05, 0.1) is 23.6 Å². The first-order chi connectivity index (χ1) is 13.4. The molecule has 28 heavy (non-hydrogen) atoms. The van der Waals surface area contributed by atoms with E-state index in [1.54, 1.807) is 18.9 Å². The van der Waals surface area contributed by atoms with Crippen molar-refractivity contribution in [3.05, 3.63) is 41.8 Å². The normalized spacial score (nSPS) is 18.3. The molecule has 1 aliphatic rings. The number of nitrogens with zero attached hydrogens (tertiary/aromatic N) is 2. The highest BCUT2D eigenvalue weighted by molar-refractivity contribution is 7.91. The number of methoxy groups -OCH3 is 1. The molecule has 1 saturated heterocycles. The van der Waals surface area contributed by atoms with Crippen molar-refractivity contribution in [3.63, 3.8) is 0 Å². The predicted molar refractivity (Wildman–Crippen MR) is 106 cm³/mol. The summed E-state index contributed by atoms with van der Waals surface area (Å²) in [7, 11) is -1.47. The Morgan fingerprint density at radius 1 is 1.32 bits per heavy atom. The van der Waals surface area contributed by atoms with Crippen molar-refractivity contribution in [1.82, 2.24) is 9.88 Å². The largest absolute Gasteiger partial charge is 0.441 e. The summed E-state index contributed by atoms with van der Waals surface area (Å²) >= 11 is 0. The molecule has 8 heteroatoms. The average Bonchev–Trinajstić information content (AvgIpc) is 3.21. The highest BCUT2D eigenvalue weighted by Crippen LogP contribution is 2.23. The van der Waals surface area contributed by atoms with Crippen LogP contribution in [-0.2, 0) is 25.8 Å². The molecule has 0 bridgehead atoms. The zero-order chi connectivity index (χ0) is 20.1. The first kappa shape index (κ1) is 20.5. The van der Waals surface area contributed by atoms with Crippen molar-refractivity contribution in [2.45, 2.75) is 32.2 Å². The lowest BCUT2D eigenvalue weighted by molar-refractivity contribution is -0.132. The van der Waals surface area contributed by atoms with Crippen molar-refractivity contribution in [2.75, 3.05) is 31.8 Å². The number of benzene rings is 1. The monoisotopic (exact) mass is 406 g/mol. The van der Waals surface area contributed by atoms with Crippen LogP contribution in [0.4, 0.5) is 0 Å². The number of carbonyl (C=O) groups is 1. The Morgan fingerprint density at radius 2 is 2.07 bits per heavy atom. The van der Waals surface area contributed by atoms with E-state index < -0.39 is 9.84 Å². The summed E-state index contributed by atoms with van der Waals surface area (Å²) in [5, 5.41) is 0. The molecule has 1 fully saturated rings. The van der Waals surface area contributed by atoms with E-state index in [1.807, 2.05) is 30.3 Å². The summed E-state index contributed by atoms with van der Waals surface area (Å²) in [6, 6.07) is 9.23. The number of hydrogen-bond donors (Lipinski definition) is 0. The van der Waals surface area contributed by atoms with Crippen LogP contribution in [0.5, 0.6) is 0 Å². The third-order valence-corrected chi connectivity index (χ3v) is 6.70. The fraction of sp³-hybridized carbons (Fsp3) is 0.500. The SMILES string of the molecule is COCCCN(C(=O)Cc1nc(-c2ccccc2)oc1C)C1CCS(=O)(=O)C1. The van der Waals surface area contributed by atoms with Gasteiger partial charge in [-0.2, -0.15) is 0 Å². The van der Waals surface area contributed by atoms with Crippen molar-refractivity contribution in [2.24, 2.45) is 0 Å². The Morgan fingerprint density at radius 3 is 2.71 bits per heavy atom. The van der Waals surface area contributed by atoms with Gasteiger partial charge in [0.2, 0.25) is 11.8 Å². The van der Waals surface area contributed by atoms with E-state index in [4.69, 9.17) is 9.15 Å². The molecule has 0 saturated carbocycles. The van der Waals surface area contributed by atoms with Crippen LogP contribution in [0.1, 0.15) is 24.3 Å². The Balaban J connectivity index is 1.75. The predicted octanol–water partition coefficient (Wildman–Crippen LogP) is 2.24. The third-order valence-electron chi connectivity index (χ3n) is 4.95. The van der Waals surface area contributed by atoms with Gasteiger partial charge in [0.1, 0.15) is 5.76 Å². The summed E-state index contributed by atoms with van der Waals surface area (Å²) in [6.07, 6.45) is 1.23. The topological polar surface area (TPSA) is 89.7 Å². The van der Waals surface area contributed by atoms with E-state index in [1.165, 1.54) is 0 Å². The van der Waals surface area contributed by atoms with Gasteiger partial charge >= 0.3 is 0 Å². The second-order valence-corrected chi connectivity index (χ2v) is 9.28. The van der Waals surface area contributed by atoms with Crippen molar-refractivity contribution in [1.29, 1.82) is 0 Å². The zero-order valence-corrected chi connectivity index (χ0v) is 17.1. The summed E-state index contributed by atoms with van der Waals surface area (Å²) < 4.78 is 34.6. The van der Waals surface area contributed by atoms with Crippen LogP contribution in [0.3, 0.4) is 0 Å². The number of aromatic nitrogens is 1. The summed E-state index contributed by atoms with van der Waals surface area (Å²) in [6.45, 7) is 2.77. The number of aryl methyl sites for hydroxylation is 1. The molecule has 1 aliphatic heterocycles. The molecule has 1 aromatic heterocycles. The molecule has 1 atom stereocenters. The molecular weight excluding hydrogens is 380 g/mol. The fourth-order valence-corrected chi connectivity index (χ4v) is 5.18. The Labute approximate surface area is 165 Å². The highest BCUT2D eigenvalue weighted by Gasteiger charge is 2.34. The maximum absolute atomic E-state index is 13.0. The summed E-state index contributed by atoms with van der Waals surface area (Å²) in [5.74, 6) is 1.11. The molecular formula is C20H26N2O5S. The number of sulfone groups is 1. The van der Waals surface area contributed by atoms with Crippen LogP contribution >= 0.6 is 0 Å². The molecule has 7 nitrogen and oxygen atoms in total. The van der Waals surface area contributed by atoms with Crippen LogP contribution in [0.25, 0.3) is 11.5 Å². The number of rotatable bonds is 8. The van der Waals surface area contributed by atoms with Gasteiger partial charge < -0.3 is 14.1 Å². The zero-order valence-electron chi connectivity index (χ0n) is 16.3. The third kappa shape index (κ3) is 4.99. The summed E-state index contributed by atoms with van der Waals surface area (Å²) in [4.78, 5) is 19.2. The van der Waals surface area contributed by atoms with E-state index in [-0.39, 0.29) is 29.9 Å². The van der Waals surface area contributed by atoms with E-state index in [0.717, 1.165) is 5.56 Å². The van der Waals surface area contributed by atoms with Crippen molar-refractivity contribution >= 4 is 15.7 Å². The maximum Gasteiger partial charge on any atom is 0.229 e. The average molecular weight is 407 g/mol. The van der Waals surface area contributed by atoms with Gasteiger partial charge in [0.25, 0.3) is 0 Å². The Kier molecular flexibility index (Phi) is 6.51. The van der Waals surface area contributed by atoms with E-state index in [9.17, 15) is 13.2 Å². The van der Waals surface area contributed by atoms with E-state index in [0.29, 0.717) is 43.3 Å². The van der Waals surface area contributed by atoms with Crippen LogP contribution in [0, 0.1) is 6.92 Å². The number of hydrogen-bond acceptors (Lipinski definition) is 6. The van der Waals surface area contributed by atoms with Crippen LogP contribution < -0.4 is 0 Å². The lowest BCUT2D eigenvalue weighted by Crippen LogP contribution is -2.43.